The molecule has 0 aromatic carbocycles. The first-order valence-electron chi connectivity index (χ1n) is 10.1. The smallest absolute Gasteiger partial charge is 0.274 e. The fourth-order valence-electron chi connectivity index (χ4n) is 3.71. The lowest BCUT2D eigenvalue weighted by molar-refractivity contribution is -0.121. The number of aromatic nitrogens is 4. The quantitative estimate of drug-likeness (QED) is 0.664. The van der Waals surface area contributed by atoms with E-state index in [1.807, 2.05) is 19.9 Å². The molecule has 1 N–H and O–H groups in total. The van der Waals surface area contributed by atoms with Crippen molar-refractivity contribution in [1.29, 1.82) is 0 Å². The zero-order valence-electron chi connectivity index (χ0n) is 17.6. The average Bonchev–Trinajstić information content (AvgIpc) is 3.31. The van der Waals surface area contributed by atoms with Gasteiger partial charge in [0.2, 0.25) is 5.91 Å². The Morgan fingerprint density at radius 3 is 2.52 bits per heavy atom. The molecule has 3 aromatic rings. The van der Waals surface area contributed by atoms with Crippen LogP contribution in [0.1, 0.15) is 40.5 Å². The minimum Gasteiger partial charge on any atom is -0.360 e. The molecule has 4 rings (SSSR count). The highest BCUT2D eigenvalue weighted by molar-refractivity contribution is 6.33. The number of likely N-dealkylation sites (tertiary alicyclic amines) is 1. The van der Waals surface area contributed by atoms with Crippen LogP contribution < -0.4 is 5.32 Å². The molecule has 1 aliphatic heterocycles. The molecule has 1 aliphatic rings. The van der Waals surface area contributed by atoms with Gasteiger partial charge in [-0.3, -0.25) is 9.59 Å². The molecular weight excluding hydrogens is 420 g/mol. The summed E-state index contributed by atoms with van der Waals surface area (Å²) in [5.41, 5.74) is 1.97. The molecule has 4 heterocycles. The molecular formula is C21H23ClN6O3. The number of hydrogen-bond donors (Lipinski definition) is 1. The van der Waals surface area contributed by atoms with Crippen LogP contribution in [0.25, 0.3) is 5.82 Å². The van der Waals surface area contributed by atoms with E-state index in [9.17, 15) is 9.59 Å². The third kappa shape index (κ3) is 4.46. The fraction of sp³-hybridized carbons (Fsp3) is 0.381. The van der Waals surface area contributed by atoms with Crippen molar-refractivity contribution < 1.29 is 14.1 Å². The largest absolute Gasteiger partial charge is 0.360 e. The summed E-state index contributed by atoms with van der Waals surface area (Å²) < 4.78 is 6.65. The van der Waals surface area contributed by atoms with E-state index in [1.165, 1.54) is 0 Å². The highest BCUT2D eigenvalue weighted by atomic mass is 35.5. The molecule has 31 heavy (non-hydrogen) atoms. The van der Waals surface area contributed by atoms with Crippen molar-refractivity contribution in [3.05, 3.63) is 52.1 Å². The maximum Gasteiger partial charge on any atom is 0.274 e. The minimum atomic E-state index is -0.251. The third-order valence-electron chi connectivity index (χ3n) is 5.29. The predicted octanol–water partition coefficient (Wildman–Crippen LogP) is 3.32. The van der Waals surface area contributed by atoms with E-state index >= 15 is 0 Å². The highest BCUT2D eigenvalue weighted by Gasteiger charge is 2.30. The molecule has 0 atom stereocenters. The molecule has 0 aliphatic carbocycles. The van der Waals surface area contributed by atoms with E-state index in [1.54, 1.807) is 34.7 Å². The van der Waals surface area contributed by atoms with Crippen molar-refractivity contribution in [2.24, 2.45) is 5.92 Å². The van der Waals surface area contributed by atoms with Crippen molar-refractivity contribution in [2.45, 2.75) is 33.6 Å². The summed E-state index contributed by atoms with van der Waals surface area (Å²) >= 11 is 6.29. The fourth-order valence-corrected chi connectivity index (χ4v) is 3.89. The molecule has 0 unspecified atom stereocenters. The Morgan fingerprint density at radius 1 is 1.16 bits per heavy atom. The Bertz CT molecular complexity index is 1130. The van der Waals surface area contributed by atoms with E-state index in [4.69, 9.17) is 16.1 Å². The number of carbonyl (C=O) groups excluding carboxylic acids is 2. The van der Waals surface area contributed by atoms with Crippen molar-refractivity contribution in [3.63, 3.8) is 0 Å². The molecule has 0 bridgehead atoms. The zero-order chi connectivity index (χ0) is 22.1. The number of piperidine rings is 1. The number of amides is 2. The molecule has 1 fully saturated rings. The number of anilines is 1. The first kappa shape index (κ1) is 21.0. The predicted molar refractivity (Wildman–Crippen MR) is 114 cm³/mol. The molecule has 3 aromatic heterocycles. The molecule has 0 spiro atoms. The van der Waals surface area contributed by atoms with Gasteiger partial charge >= 0.3 is 0 Å². The van der Waals surface area contributed by atoms with Gasteiger partial charge in [-0.05, 0) is 51.8 Å². The van der Waals surface area contributed by atoms with Gasteiger partial charge in [0.15, 0.2) is 11.6 Å². The van der Waals surface area contributed by atoms with Crippen LogP contribution in [0.2, 0.25) is 5.02 Å². The van der Waals surface area contributed by atoms with Crippen LogP contribution in [-0.4, -0.2) is 49.7 Å². The number of hydrogen-bond acceptors (Lipinski definition) is 6. The second-order valence-electron chi connectivity index (χ2n) is 7.72. The van der Waals surface area contributed by atoms with Gasteiger partial charge < -0.3 is 14.7 Å². The van der Waals surface area contributed by atoms with Crippen molar-refractivity contribution in [1.82, 2.24) is 24.8 Å². The first-order chi connectivity index (χ1) is 14.8. The van der Waals surface area contributed by atoms with E-state index < -0.39 is 0 Å². The average molecular weight is 443 g/mol. The Morgan fingerprint density at radius 2 is 1.90 bits per heavy atom. The lowest BCUT2D eigenvalue weighted by Crippen LogP contribution is -2.42. The summed E-state index contributed by atoms with van der Waals surface area (Å²) in [6.45, 7) is 6.47. The van der Waals surface area contributed by atoms with Gasteiger partial charge in [0.1, 0.15) is 11.5 Å². The summed E-state index contributed by atoms with van der Waals surface area (Å²) in [6.07, 6.45) is 1.09. The number of halogens is 1. The van der Waals surface area contributed by atoms with Crippen LogP contribution in [-0.2, 0) is 4.79 Å². The Kier molecular flexibility index (Phi) is 5.77. The van der Waals surface area contributed by atoms with Crippen molar-refractivity contribution >= 4 is 29.2 Å². The number of aryl methyl sites for hydroxylation is 3. The van der Waals surface area contributed by atoms with Crippen LogP contribution in [0.4, 0.5) is 5.82 Å². The standard InChI is InChI=1S/C21H23ClN6O3/c1-12-10-13(2)28(25-12)18-5-4-16(22)19(24-18)21(30)27-8-6-15(7-9-27)20(29)23-17-11-14(3)31-26-17/h4-5,10-11,15H,6-9H2,1-3H3,(H,23,26,29). The Labute approximate surface area is 184 Å². The molecule has 162 valence electrons. The monoisotopic (exact) mass is 442 g/mol. The molecule has 0 radical (unpaired) electrons. The van der Waals surface area contributed by atoms with Crippen LogP contribution >= 0.6 is 11.6 Å². The molecule has 10 heteroatoms. The maximum atomic E-state index is 13.1. The van der Waals surface area contributed by atoms with Gasteiger partial charge in [-0.2, -0.15) is 5.10 Å². The number of carbonyl (C=O) groups is 2. The minimum absolute atomic E-state index is 0.122. The van der Waals surface area contributed by atoms with Gasteiger partial charge in [-0.1, -0.05) is 16.8 Å². The van der Waals surface area contributed by atoms with Gasteiger partial charge in [-0.25, -0.2) is 9.67 Å². The molecule has 2 amide bonds. The van der Waals surface area contributed by atoms with E-state index in [-0.39, 0.29) is 28.4 Å². The van der Waals surface area contributed by atoms with Gasteiger partial charge in [-0.15, -0.1) is 0 Å². The van der Waals surface area contributed by atoms with Gasteiger partial charge in [0, 0.05) is 30.8 Å². The SMILES string of the molecule is Cc1cc(C)n(-c2ccc(Cl)c(C(=O)N3CCC(C(=O)Nc4cc(C)on4)CC3)n2)n1. The number of rotatable bonds is 4. The lowest BCUT2D eigenvalue weighted by atomic mass is 9.95. The topological polar surface area (TPSA) is 106 Å². The number of pyridine rings is 1. The van der Waals surface area contributed by atoms with Crippen molar-refractivity contribution in [2.75, 3.05) is 18.4 Å². The third-order valence-corrected chi connectivity index (χ3v) is 5.60. The van der Waals surface area contributed by atoms with Crippen LogP contribution in [0.5, 0.6) is 0 Å². The lowest BCUT2D eigenvalue weighted by Gasteiger charge is -2.31. The van der Waals surface area contributed by atoms with Crippen molar-refractivity contribution in [3.8, 4) is 5.82 Å². The zero-order valence-corrected chi connectivity index (χ0v) is 18.3. The normalized spacial score (nSPS) is 14.6. The Balaban J connectivity index is 1.43. The summed E-state index contributed by atoms with van der Waals surface area (Å²) in [7, 11) is 0. The number of nitrogens with zero attached hydrogens (tertiary/aromatic N) is 5. The molecule has 1 saturated heterocycles. The van der Waals surface area contributed by atoms with Crippen LogP contribution in [0.3, 0.4) is 0 Å². The van der Waals surface area contributed by atoms with E-state index in [2.05, 4.69) is 20.6 Å². The summed E-state index contributed by atoms with van der Waals surface area (Å²) in [5.74, 6) is 0.990. The molecule has 0 saturated carbocycles. The second-order valence-corrected chi connectivity index (χ2v) is 8.12. The summed E-state index contributed by atoms with van der Waals surface area (Å²) in [5, 5.41) is 11.2. The highest BCUT2D eigenvalue weighted by Crippen LogP contribution is 2.24. The first-order valence-corrected chi connectivity index (χ1v) is 10.4. The second kappa shape index (κ2) is 8.50. The number of nitrogens with one attached hydrogen (secondary N) is 1. The maximum absolute atomic E-state index is 13.1. The Hall–Kier alpha value is -3.20. The van der Waals surface area contributed by atoms with E-state index in [0.29, 0.717) is 43.3 Å². The summed E-state index contributed by atoms with van der Waals surface area (Å²) in [4.78, 5) is 31.7. The van der Waals surface area contributed by atoms with Gasteiger partial charge in [0.05, 0.1) is 10.7 Å². The van der Waals surface area contributed by atoms with Crippen LogP contribution in [0.15, 0.2) is 28.8 Å². The van der Waals surface area contributed by atoms with E-state index in [0.717, 1.165) is 11.4 Å². The van der Waals surface area contributed by atoms with Crippen LogP contribution in [0, 0.1) is 26.7 Å². The summed E-state index contributed by atoms with van der Waals surface area (Å²) in [6, 6.07) is 7.00. The molecule has 9 nitrogen and oxygen atoms in total. The van der Waals surface area contributed by atoms with Gasteiger partial charge in [0.25, 0.3) is 5.91 Å².